The van der Waals surface area contributed by atoms with E-state index in [0.29, 0.717) is 21.3 Å². The highest BCUT2D eigenvalue weighted by Gasteiger charge is 2.21. The molecule has 0 aromatic heterocycles. The van der Waals surface area contributed by atoms with Gasteiger partial charge >= 0.3 is 0 Å². The topological polar surface area (TPSA) is 72.2 Å². The second-order valence-corrected chi connectivity index (χ2v) is 6.68. The number of halogens is 1. The molecule has 3 N–H and O–H groups in total. The van der Waals surface area contributed by atoms with E-state index in [0.717, 1.165) is 0 Å². The molecule has 0 aliphatic carbocycles. The van der Waals surface area contributed by atoms with Crippen molar-refractivity contribution in [3.63, 3.8) is 0 Å². The minimum absolute atomic E-state index is 0.355. The lowest BCUT2D eigenvalue weighted by Gasteiger charge is -2.13. The zero-order valence-electron chi connectivity index (χ0n) is 11.4. The van der Waals surface area contributed by atoms with E-state index in [9.17, 15) is 9.00 Å². The fourth-order valence-electron chi connectivity index (χ4n) is 1.74. The molecule has 2 aromatic rings. The largest absolute Gasteiger partial charge is 0.397 e. The van der Waals surface area contributed by atoms with Gasteiger partial charge in [-0.15, -0.1) is 0 Å². The van der Waals surface area contributed by atoms with Crippen molar-refractivity contribution in [1.29, 1.82) is 0 Å². The first kappa shape index (κ1) is 15.5. The second-order valence-electron chi connectivity index (χ2n) is 4.47. The molecule has 0 fully saturated rings. The summed E-state index contributed by atoms with van der Waals surface area (Å²) < 4.78 is 12.3. The van der Waals surface area contributed by atoms with E-state index in [1.807, 2.05) is 6.07 Å². The van der Waals surface area contributed by atoms with Crippen LogP contribution in [0.5, 0.6) is 0 Å². The fraction of sp³-hybridized carbons (Fsp3) is 0.133. The Morgan fingerprint density at radius 2 is 1.90 bits per heavy atom. The van der Waals surface area contributed by atoms with Gasteiger partial charge in [0.1, 0.15) is 5.25 Å². The van der Waals surface area contributed by atoms with Gasteiger partial charge in [-0.1, -0.05) is 29.8 Å². The van der Waals surface area contributed by atoms with Gasteiger partial charge in [0.25, 0.3) is 0 Å². The van der Waals surface area contributed by atoms with Crippen LogP contribution in [0.25, 0.3) is 0 Å². The maximum atomic E-state index is 12.3. The molecule has 6 heteroatoms. The first-order valence-corrected chi connectivity index (χ1v) is 7.89. The van der Waals surface area contributed by atoms with Gasteiger partial charge in [-0.3, -0.25) is 9.00 Å². The molecule has 2 rings (SSSR count). The van der Waals surface area contributed by atoms with Crippen LogP contribution in [0.4, 0.5) is 11.4 Å². The SMILES string of the molecule is CC(C(=O)Nc1ccc(Cl)cc1N)S(=O)c1ccccc1. The van der Waals surface area contributed by atoms with Gasteiger partial charge in [0, 0.05) is 9.92 Å². The molecular formula is C15H15ClN2O2S. The van der Waals surface area contributed by atoms with Gasteiger partial charge in [0.05, 0.1) is 22.2 Å². The van der Waals surface area contributed by atoms with E-state index in [1.165, 1.54) is 0 Å². The molecule has 4 nitrogen and oxygen atoms in total. The van der Waals surface area contributed by atoms with E-state index in [1.54, 1.807) is 49.4 Å². The average molecular weight is 323 g/mol. The third-order valence-corrected chi connectivity index (χ3v) is 4.77. The molecule has 0 saturated heterocycles. The summed E-state index contributed by atoms with van der Waals surface area (Å²) in [5, 5.41) is 2.47. The summed E-state index contributed by atoms with van der Waals surface area (Å²) >= 11 is 5.81. The van der Waals surface area contributed by atoms with Gasteiger partial charge in [-0.05, 0) is 37.3 Å². The minimum atomic E-state index is -1.42. The van der Waals surface area contributed by atoms with Crippen LogP contribution in [0.2, 0.25) is 5.02 Å². The molecule has 2 unspecified atom stereocenters. The lowest BCUT2D eigenvalue weighted by molar-refractivity contribution is -0.115. The predicted molar refractivity (Wildman–Crippen MR) is 86.8 cm³/mol. The zero-order valence-corrected chi connectivity index (χ0v) is 12.9. The van der Waals surface area contributed by atoms with E-state index >= 15 is 0 Å². The van der Waals surface area contributed by atoms with Crippen LogP contribution >= 0.6 is 11.6 Å². The summed E-state index contributed by atoms with van der Waals surface area (Å²) in [6.07, 6.45) is 0. The number of amides is 1. The predicted octanol–water partition coefficient (Wildman–Crippen LogP) is 3.06. The molecule has 110 valence electrons. The highest BCUT2D eigenvalue weighted by atomic mass is 35.5. The lowest BCUT2D eigenvalue weighted by atomic mass is 10.2. The van der Waals surface area contributed by atoms with E-state index in [-0.39, 0.29) is 5.91 Å². The molecular weight excluding hydrogens is 308 g/mol. The van der Waals surface area contributed by atoms with Gasteiger partial charge in [-0.2, -0.15) is 0 Å². The van der Waals surface area contributed by atoms with Crippen molar-refractivity contribution in [3.05, 3.63) is 53.6 Å². The second kappa shape index (κ2) is 6.74. The van der Waals surface area contributed by atoms with Gasteiger partial charge in [0.2, 0.25) is 5.91 Å². The van der Waals surface area contributed by atoms with Gasteiger partial charge in [-0.25, -0.2) is 0 Å². The van der Waals surface area contributed by atoms with Gasteiger partial charge < -0.3 is 11.1 Å². The Morgan fingerprint density at radius 1 is 1.24 bits per heavy atom. The molecule has 21 heavy (non-hydrogen) atoms. The van der Waals surface area contributed by atoms with Crippen LogP contribution in [0.15, 0.2) is 53.4 Å². The summed E-state index contributed by atoms with van der Waals surface area (Å²) in [4.78, 5) is 12.8. The van der Waals surface area contributed by atoms with Gasteiger partial charge in [0.15, 0.2) is 0 Å². The van der Waals surface area contributed by atoms with Crippen molar-refractivity contribution in [2.24, 2.45) is 0 Å². The molecule has 0 aliphatic rings. The number of rotatable bonds is 4. The smallest absolute Gasteiger partial charge is 0.240 e. The average Bonchev–Trinajstić information content (AvgIpc) is 2.49. The summed E-state index contributed by atoms with van der Waals surface area (Å²) in [5.74, 6) is -0.355. The third-order valence-electron chi connectivity index (χ3n) is 2.94. The van der Waals surface area contributed by atoms with Crippen molar-refractivity contribution in [2.75, 3.05) is 11.1 Å². The number of anilines is 2. The lowest BCUT2D eigenvalue weighted by Crippen LogP contribution is -2.29. The highest BCUT2D eigenvalue weighted by molar-refractivity contribution is 7.86. The Labute approximate surface area is 130 Å². The van der Waals surface area contributed by atoms with Crippen LogP contribution in [0, 0.1) is 0 Å². The summed E-state index contributed by atoms with van der Waals surface area (Å²) in [6, 6.07) is 13.7. The highest BCUT2D eigenvalue weighted by Crippen LogP contribution is 2.23. The molecule has 0 saturated carbocycles. The normalized spacial score (nSPS) is 13.4. The molecule has 2 atom stereocenters. The van der Waals surface area contributed by atoms with Crippen LogP contribution in [-0.4, -0.2) is 15.4 Å². The first-order chi connectivity index (χ1) is 9.99. The third kappa shape index (κ3) is 3.83. The number of nitrogens with two attached hydrogens (primary N) is 1. The van der Waals surface area contributed by atoms with Crippen molar-refractivity contribution < 1.29 is 9.00 Å². The number of hydrogen-bond donors (Lipinski definition) is 2. The monoisotopic (exact) mass is 322 g/mol. The molecule has 0 heterocycles. The van der Waals surface area contributed by atoms with E-state index < -0.39 is 16.0 Å². The van der Waals surface area contributed by atoms with Crippen molar-refractivity contribution in [2.45, 2.75) is 17.1 Å². The molecule has 0 spiro atoms. The number of nitrogens with one attached hydrogen (secondary N) is 1. The molecule has 0 bridgehead atoms. The van der Waals surface area contributed by atoms with E-state index in [2.05, 4.69) is 5.32 Å². The Balaban J connectivity index is 2.11. The number of carbonyl (C=O) groups excluding carboxylic acids is 1. The fourth-order valence-corrected chi connectivity index (χ4v) is 3.01. The van der Waals surface area contributed by atoms with Crippen molar-refractivity contribution >= 4 is 39.7 Å². The van der Waals surface area contributed by atoms with Crippen molar-refractivity contribution in [1.82, 2.24) is 0 Å². The Kier molecular flexibility index (Phi) is 4.98. The van der Waals surface area contributed by atoms with Crippen molar-refractivity contribution in [3.8, 4) is 0 Å². The maximum absolute atomic E-state index is 12.3. The summed E-state index contributed by atoms with van der Waals surface area (Å²) in [7, 11) is -1.42. The van der Waals surface area contributed by atoms with E-state index in [4.69, 9.17) is 17.3 Å². The standard InChI is InChI=1S/C15H15ClN2O2S/c1-10(21(20)12-5-3-2-4-6-12)15(19)18-14-8-7-11(16)9-13(14)17/h2-10H,17H2,1H3,(H,18,19). The minimum Gasteiger partial charge on any atom is -0.397 e. The Morgan fingerprint density at radius 3 is 2.52 bits per heavy atom. The van der Waals surface area contributed by atoms with Crippen LogP contribution in [0.3, 0.4) is 0 Å². The quantitative estimate of drug-likeness (QED) is 0.850. The summed E-state index contributed by atoms with van der Waals surface area (Å²) in [6.45, 7) is 1.62. The number of benzene rings is 2. The number of nitrogen functional groups attached to an aromatic ring is 1. The number of carbonyl (C=O) groups is 1. The molecule has 0 radical (unpaired) electrons. The Hall–Kier alpha value is -1.85. The summed E-state index contributed by atoms with van der Waals surface area (Å²) in [5.41, 5.74) is 6.61. The molecule has 0 aliphatic heterocycles. The Bertz CT molecular complexity index is 677. The van der Waals surface area contributed by atoms with Crippen LogP contribution in [-0.2, 0) is 15.6 Å². The van der Waals surface area contributed by atoms with Crippen LogP contribution < -0.4 is 11.1 Å². The maximum Gasteiger partial charge on any atom is 0.240 e. The van der Waals surface area contributed by atoms with Crippen LogP contribution in [0.1, 0.15) is 6.92 Å². The first-order valence-electron chi connectivity index (χ1n) is 6.30. The molecule has 1 amide bonds. The molecule has 2 aromatic carbocycles. The zero-order chi connectivity index (χ0) is 15.4. The number of hydrogen-bond acceptors (Lipinski definition) is 3.